The first-order chi connectivity index (χ1) is 11.5. The zero-order valence-corrected chi connectivity index (χ0v) is 13.9. The number of rotatable bonds is 7. The van der Waals surface area contributed by atoms with Gasteiger partial charge in [0.15, 0.2) is 0 Å². The van der Waals surface area contributed by atoms with Gasteiger partial charge in [-0.25, -0.2) is 8.78 Å². The highest BCUT2D eigenvalue weighted by Gasteiger charge is 2.17. The van der Waals surface area contributed by atoms with Crippen LogP contribution in [0.1, 0.15) is 25.8 Å². The molecule has 0 aliphatic rings. The van der Waals surface area contributed by atoms with Gasteiger partial charge < -0.3 is 10.2 Å². The number of halogens is 2. The van der Waals surface area contributed by atoms with Crippen molar-refractivity contribution in [2.75, 3.05) is 11.9 Å². The topological polar surface area (TPSA) is 32.3 Å². The van der Waals surface area contributed by atoms with Crippen LogP contribution in [0.15, 0.2) is 48.5 Å². The molecule has 2 aromatic carbocycles. The molecular formula is C19H22F2N2O. The maximum Gasteiger partial charge on any atom is 0.224 e. The van der Waals surface area contributed by atoms with Crippen LogP contribution in [0.2, 0.25) is 0 Å². The highest BCUT2D eigenvalue weighted by molar-refractivity contribution is 5.77. The Kier molecular flexibility index (Phi) is 6.29. The Labute approximate surface area is 141 Å². The van der Waals surface area contributed by atoms with E-state index in [1.807, 2.05) is 44.2 Å². The molecule has 128 valence electrons. The Hall–Kier alpha value is -2.43. The number of carbonyl (C=O) groups excluding carboxylic acids is 1. The minimum atomic E-state index is -0.660. The lowest BCUT2D eigenvalue weighted by Crippen LogP contribution is -2.37. The van der Waals surface area contributed by atoms with Gasteiger partial charge in [0.2, 0.25) is 5.91 Å². The molecule has 0 atom stereocenters. The third kappa shape index (κ3) is 4.78. The van der Waals surface area contributed by atoms with E-state index in [1.165, 1.54) is 18.2 Å². The molecule has 24 heavy (non-hydrogen) atoms. The SMILES string of the molecule is CC(C)N(Cc1ccccc1)C(=O)CCNc1c(F)cccc1F. The summed E-state index contributed by atoms with van der Waals surface area (Å²) in [4.78, 5) is 14.2. The Balaban J connectivity index is 1.94. The number of amides is 1. The quantitative estimate of drug-likeness (QED) is 0.824. The van der Waals surface area contributed by atoms with Gasteiger partial charge >= 0.3 is 0 Å². The molecule has 2 aromatic rings. The van der Waals surface area contributed by atoms with E-state index in [0.29, 0.717) is 6.54 Å². The number of hydrogen-bond acceptors (Lipinski definition) is 2. The summed E-state index contributed by atoms with van der Waals surface area (Å²) in [5.41, 5.74) is 0.858. The van der Waals surface area contributed by atoms with Crippen LogP contribution in [0.25, 0.3) is 0 Å². The van der Waals surface area contributed by atoms with Crippen LogP contribution >= 0.6 is 0 Å². The lowest BCUT2D eigenvalue weighted by molar-refractivity contribution is -0.133. The van der Waals surface area contributed by atoms with Crippen LogP contribution in [0.4, 0.5) is 14.5 Å². The maximum absolute atomic E-state index is 13.6. The molecule has 0 aliphatic carbocycles. The van der Waals surface area contributed by atoms with Crippen molar-refractivity contribution >= 4 is 11.6 Å². The molecule has 3 nitrogen and oxygen atoms in total. The number of benzene rings is 2. The van der Waals surface area contributed by atoms with Gasteiger partial charge in [-0.2, -0.15) is 0 Å². The Morgan fingerprint density at radius 3 is 2.25 bits per heavy atom. The summed E-state index contributed by atoms with van der Waals surface area (Å²) >= 11 is 0. The maximum atomic E-state index is 13.6. The highest BCUT2D eigenvalue weighted by atomic mass is 19.1. The van der Waals surface area contributed by atoms with E-state index >= 15 is 0 Å². The van der Waals surface area contributed by atoms with Gasteiger partial charge in [-0.15, -0.1) is 0 Å². The van der Waals surface area contributed by atoms with Gasteiger partial charge in [0.05, 0.1) is 0 Å². The molecule has 0 aliphatic heterocycles. The number of nitrogens with zero attached hydrogens (tertiary/aromatic N) is 1. The predicted octanol–water partition coefficient (Wildman–Crippen LogP) is 4.20. The van der Waals surface area contributed by atoms with Crippen LogP contribution < -0.4 is 5.32 Å². The van der Waals surface area contributed by atoms with Crippen molar-refractivity contribution in [1.82, 2.24) is 4.90 Å². The zero-order chi connectivity index (χ0) is 17.5. The molecule has 0 fully saturated rings. The third-order valence-corrected chi connectivity index (χ3v) is 3.74. The van der Waals surface area contributed by atoms with Gasteiger partial charge in [0.25, 0.3) is 0 Å². The van der Waals surface area contributed by atoms with Gasteiger partial charge in [-0.05, 0) is 31.5 Å². The summed E-state index contributed by atoms with van der Waals surface area (Å²) < 4.78 is 27.1. The standard InChI is InChI=1S/C19H22F2N2O/c1-14(2)23(13-15-7-4-3-5-8-15)18(24)11-12-22-19-16(20)9-6-10-17(19)21/h3-10,14,22H,11-13H2,1-2H3. The first kappa shape index (κ1) is 17.9. The molecule has 1 N–H and O–H groups in total. The second-order valence-corrected chi connectivity index (χ2v) is 5.87. The monoisotopic (exact) mass is 332 g/mol. The van der Waals surface area contributed by atoms with Crippen LogP contribution in [-0.2, 0) is 11.3 Å². The summed E-state index contributed by atoms with van der Waals surface area (Å²) in [5.74, 6) is -1.38. The fraction of sp³-hybridized carbons (Fsp3) is 0.316. The van der Waals surface area contributed by atoms with Gasteiger partial charge in [0, 0.05) is 25.6 Å². The first-order valence-electron chi connectivity index (χ1n) is 8.00. The average Bonchev–Trinajstić information content (AvgIpc) is 2.56. The molecule has 0 aromatic heterocycles. The highest BCUT2D eigenvalue weighted by Crippen LogP contribution is 2.18. The lowest BCUT2D eigenvalue weighted by Gasteiger charge is -2.27. The predicted molar refractivity (Wildman–Crippen MR) is 91.6 cm³/mol. The van der Waals surface area contributed by atoms with Crippen LogP contribution in [-0.4, -0.2) is 23.4 Å². The molecule has 0 saturated carbocycles. The molecule has 1 amide bonds. The molecule has 0 radical (unpaired) electrons. The Morgan fingerprint density at radius 2 is 1.67 bits per heavy atom. The van der Waals surface area contributed by atoms with Crippen LogP contribution in [0.3, 0.4) is 0 Å². The van der Waals surface area contributed by atoms with Crippen LogP contribution in [0.5, 0.6) is 0 Å². The summed E-state index contributed by atoms with van der Waals surface area (Å²) in [5, 5.41) is 2.67. The molecule has 5 heteroatoms. The number of hydrogen-bond donors (Lipinski definition) is 1. The molecular weight excluding hydrogens is 310 g/mol. The summed E-state index contributed by atoms with van der Waals surface area (Å²) in [6.07, 6.45) is 0.165. The number of para-hydroxylation sites is 1. The smallest absolute Gasteiger partial charge is 0.224 e. The lowest BCUT2D eigenvalue weighted by atomic mass is 10.1. The van der Waals surface area contributed by atoms with Crippen molar-refractivity contribution in [3.05, 3.63) is 65.7 Å². The fourth-order valence-electron chi connectivity index (χ4n) is 2.44. The summed E-state index contributed by atoms with van der Waals surface area (Å²) in [6, 6.07) is 13.4. The van der Waals surface area contributed by atoms with Crippen molar-refractivity contribution in [2.24, 2.45) is 0 Å². The normalized spacial score (nSPS) is 10.7. The van der Waals surface area contributed by atoms with Crippen molar-refractivity contribution in [3.8, 4) is 0 Å². The fourth-order valence-corrected chi connectivity index (χ4v) is 2.44. The number of nitrogens with one attached hydrogen (secondary N) is 1. The molecule has 0 unspecified atom stereocenters. The van der Waals surface area contributed by atoms with E-state index in [9.17, 15) is 13.6 Å². The molecule has 0 saturated heterocycles. The van der Waals surface area contributed by atoms with Crippen molar-refractivity contribution < 1.29 is 13.6 Å². The van der Waals surface area contributed by atoms with E-state index in [2.05, 4.69) is 5.32 Å². The minimum Gasteiger partial charge on any atom is -0.380 e. The average molecular weight is 332 g/mol. The summed E-state index contributed by atoms with van der Waals surface area (Å²) in [6.45, 7) is 4.59. The summed E-state index contributed by atoms with van der Waals surface area (Å²) in [7, 11) is 0. The van der Waals surface area contributed by atoms with Gasteiger partial charge in [-0.1, -0.05) is 36.4 Å². The second kappa shape index (κ2) is 8.43. The number of anilines is 1. The van der Waals surface area contributed by atoms with E-state index in [0.717, 1.165) is 5.56 Å². The zero-order valence-electron chi connectivity index (χ0n) is 13.9. The molecule has 0 spiro atoms. The van der Waals surface area contributed by atoms with Crippen molar-refractivity contribution in [1.29, 1.82) is 0 Å². The van der Waals surface area contributed by atoms with E-state index < -0.39 is 11.6 Å². The van der Waals surface area contributed by atoms with Crippen molar-refractivity contribution in [3.63, 3.8) is 0 Å². The molecule has 0 heterocycles. The minimum absolute atomic E-state index is 0.0444. The Bertz CT molecular complexity index is 654. The van der Waals surface area contributed by atoms with E-state index in [4.69, 9.17) is 0 Å². The first-order valence-corrected chi connectivity index (χ1v) is 8.00. The van der Waals surface area contributed by atoms with Crippen LogP contribution in [0, 0.1) is 11.6 Å². The van der Waals surface area contributed by atoms with E-state index in [-0.39, 0.29) is 30.6 Å². The van der Waals surface area contributed by atoms with Gasteiger partial charge in [-0.3, -0.25) is 4.79 Å². The van der Waals surface area contributed by atoms with E-state index in [1.54, 1.807) is 4.90 Å². The second-order valence-electron chi connectivity index (χ2n) is 5.87. The van der Waals surface area contributed by atoms with Gasteiger partial charge in [0.1, 0.15) is 17.3 Å². The van der Waals surface area contributed by atoms with Crippen molar-refractivity contribution in [2.45, 2.75) is 32.9 Å². The Morgan fingerprint density at radius 1 is 1.04 bits per heavy atom. The third-order valence-electron chi connectivity index (χ3n) is 3.74. The number of carbonyl (C=O) groups is 1. The molecule has 2 rings (SSSR count). The largest absolute Gasteiger partial charge is 0.380 e. The molecule has 0 bridgehead atoms.